The van der Waals surface area contributed by atoms with Gasteiger partial charge >= 0.3 is 5.69 Å². The second-order valence-electron chi connectivity index (χ2n) is 7.01. The molecule has 0 fully saturated rings. The Kier molecular flexibility index (Phi) is 6.77. The number of carbonyl (C=O) groups is 1. The van der Waals surface area contributed by atoms with Crippen LogP contribution in [-0.2, 0) is 6.54 Å². The predicted molar refractivity (Wildman–Crippen MR) is 118 cm³/mol. The van der Waals surface area contributed by atoms with Crippen molar-refractivity contribution in [2.24, 2.45) is 0 Å². The number of pyridine rings is 1. The van der Waals surface area contributed by atoms with Gasteiger partial charge in [-0.15, -0.1) is 0 Å². The number of nitrogens with one attached hydrogen (secondary N) is 1. The van der Waals surface area contributed by atoms with Crippen LogP contribution in [0.4, 0.5) is 4.39 Å². The van der Waals surface area contributed by atoms with Gasteiger partial charge in [-0.3, -0.25) is 19.1 Å². The summed E-state index contributed by atoms with van der Waals surface area (Å²) in [5.74, 6) is -1.48. The number of aromatic nitrogens is 3. The fourth-order valence-electron chi connectivity index (χ4n) is 3.10. The molecule has 2 heterocycles. The van der Waals surface area contributed by atoms with E-state index in [-0.39, 0.29) is 38.6 Å². The highest BCUT2D eigenvalue weighted by Gasteiger charge is 2.27. The molecular formula is C21H16Cl2FN5O3. The zero-order chi connectivity index (χ0) is 23.6. The lowest BCUT2D eigenvalue weighted by Gasteiger charge is -2.19. The topological polar surface area (TPSA) is 110 Å². The molecule has 3 aromatic rings. The van der Waals surface area contributed by atoms with Gasteiger partial charge in [-0.1, -0.05) is 29.3 Å². The molecule has 1 aromatic carbocycles. The van der Waals surface area contributed by atoms with Gasteiger partial charge in [-0.2, -0.15) is 5.26 Å². The summed E-state index contributed by atoms with van der Waals surface area (Å²) < 4.78 is 15.4. The third-order valence-corrected chi connectivity index (χ3v) is 4.86. The SMILES string of the molecule is CC(C)NC(=O)c1c(-c2ccc(F)c(Cl)c2)c(=O)n(-c2cncc(Cl)c2)c(=O)n1CC#N. The number of nitrogens with zero attached hydrogens (tertiary/aromatic N) is 4. The number of carbonyl (C=O) groups excluding carboxylic acids is 1. The first-order valence-electron chi connectivity index (χ1n) is 9.29. The maximum Gasteiger partial charge on any atom is 0.337 e. The summed E-state index contributed by atoms with van der Waals surface area (Å²) in [7, 11) is 0. The van der Waals surface area contributed by atoms with Crippen LogP contribution in [0.2, 0.25) is 10.0 Å². The largest absolute Gasteiger partial charge is 0.349 e. The Morgan fingerprint density at radius 1 is 1.25 bits per heavy atom. The molecule has 0 unspecified atom stereocenters. The summed E-state index contributed by atoms with van der Waals surface area (Å²) in [5.41, 5.74) is -2.28. The van der Waals surface area contributed by atoms with Crippen LogP contribution in [0, 0.1) is 17.1 Å². The Morgan fingerprint density at radius 2 is 1.97 bits per heavy atom. The number of benzene rings is 1. The first-order chi connectivity index (χ1) is 15.1. The summed E-state index contributed by atoms with van der Waals surface area (Å²) in [6.07, 6.45) is 2.55. The van der Waals surface area contributed by atoms with E-state index in [4.69, 9.17) is 23.2 Å². The van der Waals surface area contributed by atoms with Crippen molar-refractivity contribution in [3.8, 4) is 22.9 Å². The normalized spacial score (nSPS) is 10.8. The van der Waals surface area contributed by atoms with Crippen molar-refractivity contribution in [1.29, 1.82) is 5.26 Å². The third-order valence-electron chi connectivity index (χ3n) is 4.37. The molecule has 0 aliphatic carbocycles. The molecule has 32 heavy (non-hydrogen) atoms. The van der Waals surface area contributed by atoms with Gasteiger partial charge in [0.05, 0.1) is 33.6 Å². The molecule has 8 nitrogen and oxygen atoms in total. The standard InChI is InChI=1S/C21H16Cl2FN5O3/c1-11(2)27-19(30)18-17(12-3-4-16(24)15(23)7-12)20(31)29(21(32)28(18)6-5-25)14-8-13(22)9-26-10-14/h3-4,7-11H,6H2,1-2H3,(H,27,30). The predicted octanol–water partition coefficient (Wildman–Crippen LogP) is 3.17. The minimum Gasteiger partial charge on any atom is -0.349 e. The van der Waals surface area contributed by atoms with Crippen LogP contribution in [0.15, 0.2) is 46.2 Å². The molecule has 1 N–H and O–H groups in total. The van der Waals surface area contributed by atoms with Crippen molar-refractivity contribution in [2.75, 3.05) is 0 Å². The summed E-state index contributed by atoms with van der Waals surface area (Å²) in [6.45, 7) is 2.85. The number of amides is 1. The molecule has 0 radical (unpaired) electrons. The molecule has 2 aromatic heterocycles. The van der Waals surface area contributed by atoms with E-state index >= 15 is 0 Å². The van der Waals surface area contributed by atoms with E-state index in [9.17, 15) is 24.0 Å². The monoisotopic (exact) mass is 475 g/mol. The van der Waals surface area contributed by atoms with Gasteiger partial charge in [-0.25, -0.2) is 13.8 Å². The Hall–Kier alpha value is -3.48. The van der Waals surface area contributed by atoms with E-state index in [1.54, 1.807) is 13.8 Å². The highest BCUT2D eigenvalue weighted by atomic mass is 35.5. The highest BCUT2D eigenvalue weighted by Crippen LogP contribution is 2.25. The Morgan fingerprint density at radius 3 is 2.56 bits per heavy atom. The molecule has 0 bridgehead atoms. The molecular weight excluding hydrogens is 460 g/mol. The van der Waals surface area contributed by atoms with Crippen LogP contribution in [0.5, 0.6) is 0 Å². The molecule has 0 spiro atoms. The molecule has 1 amide bonds. The molecule has 164 valence electrons. The fourth-order valence-corrected chi connectivity index (χ4v) is 3.45. The van der Waals surface area contributed by atoms with E-state index in [1.807, 2.05) is 6.07 Å². The first kappa shape index (κ1) is 23.2. The Labute approximate surface area is 191 Å². The van der Waals surface area contributed by atoms with Crippen LogP contribution in [0.3, 0.4) is 0 Å². The van der Waals surface area contributed by atoms with Gasteiger partial charge in [-0.05, 0) is 37.6 Å². The van der Waals surface area contributed by atoms with Gasteiger partial charge in [0, 0.05) is 12.2 Å². The summed E-state index contributed by atoms with van der Waals surface area (Å²) in [6, 6.07) is 6.28. The van der Waals surface area contributed by atoms with Crippen LogP contribution in [0.1, 0.15) is 24.3 Å². The fraction of sp³-hybridized carbons (Fsp3) is 0.190. The van der Waals surface area contributed by atoms with Gasteiger partial charge < -0.3 is 5.32 Å². The summed E-state index contributed by atoms with van der Waals surface area (Å²) in [4.78, 5) is 43.7. The zero-order valence-corrected chi connectivity index (χ0v) is 18.4. The third kappa shape index (κ3) is 4.42. The van der Waals surface area contributed by atoms with Crippen molar-refractivity contribution in [1.82, 2.24) is 19.4 Å². The van der Waals surface area contributed by atoms with Gasteiger partial charge in [0.15, 0.2) is 0 Å². The number of rotatable bonds is 5. The van der Waals surface area contributed by atoms with Gasteiger partial charge in [0.1, 0.15) is 18.1 Å². The minimum absolute atomic E-state index is 0.0319. The lowest BCUT2D eigenvalue weighted by atomic mass is 10.0. The average Bonchev–Trinajstić information content (AvgIpc) is 2.71. The molecule has 0 saturated heterocycles. The lowest BCUT2D eigenvalue weighted by molar-refractivity contribution is 0.0933. The van der Waals surface area contributed by atoms with Crippen molar-refractivity contribution < 1.29 is 9.18 Å². The average molecular weight is 476 g/mol. The quantitative estimate of drug-likeness (QED) is 0.609. The van der Waals surface area contributed by atoms with E-state index in [0.29, 0.717) is 0 Å². The van der Waals surface area contributed by atoms with Crippen LogP contribution < -0.4 is 16.6 Å². The number of hydrogen-bond donors (Lipinski definition) is 1. The lowest BCUT2D eigenvalue weighted by Crippen LogP contribution is -2.45. The van der Waals surface area contributed by atoms with Crippen molar-refractivity contribution in [3.05, 3.63) is 79.1 Å². The molecule has 0 atom stereocenters. The minimum atomic E-state index is -0.938. The number of nitriles is 1. The number of halogens is 3. The van der Waals surface area contributed by atoms with Gasteiger partial charge in [0.2, 0.25) is 0 Å². The number of hydrogen-bond acceptors (Lipinski definition) is 5. The molecule has 0 aliphatic heterocycles. The van der Waals surface area contributed by atoms with Crippen molar-refractivity contribution >= 4 is 29.1 Å². The van der Waals surface area contributed by atoms with E-state index in [2.05, 4.69) is 10.3 Å². The van der Waals surface area contributed by atoms with Crippen LogP contribution >= 0.6 is 23.2 Å². The second-order valence-corrected chi connectivity index (χ2v) is 7.85. The molecule has 3 rings (SSSR count). The van der Waals surface area contributed by atoms with Crippen LogP contribution in [0.25, 0.3) is 16.8 Å². The Balaban J connectivity index is 2.51. The van der Waals surface area contributed by atoms with Gasteiger partial charge in [0.25, 0.3) is 11.5 Å². The summed E-state index contributed by atoms with van der Waals surface area (Å²) in [5, 5.41) is 11.8. The molecule has 11 heteroatoms. The molecule has 0 saturated carbocycles. The van der Waals surface area contributed by atoms with E-state index in [0.717, 1.165) is 15.2 Å². The molecule has 0 aliphatic rings. The second kappa shape index (κ2) is 9.34. The first-order valence-corrected chi connectivity index (χ1v) is 10.0. The Bertz CT molecular complexity index is 1380. The smallest absolute Gasteiger partial charge is 0.337 e. The maximum absolute atomic E-state index is 13.8. The zero-order valence-electron chi connectivity index (χ0n) is 16.9. The van der Waals surface area contributed by atoms with Crippen molar-refractivity contribution in [3.63, 3.8) is 0 Å². The summed E-state index contributed by atoms with van der Waals surface area (Å²) >= 11 is 11.9. The van der Waals surface area contributed by atoms with Crippen LogP contribution in [-0.4, -0.2) is 26.1 Å². The highest BCUT2D eigenvalue weighted by molar-refractivity contribution is 6.31. The van der Waals surface area contributed by atoms with E-state index < -0.39 is 29.5 Å². The van der Waals surface area contributed by atoms with E-state index in [1.165, 1.54) is 30.6 Å². The maximum atomic E-state index is 13.8. The van der Waals surface area contributed by atoms with Crippen molar-refractivity contribution in [2.45, 2.75) is 26.4 Å².